The van der Waals surface area contributed by atoms with Gasteiger partial charge in [-0.25, -0.2) is 0 Å². The van der Waals surface area contributed by atoms with Crippen LogP contribution in [0.15, 0.2) is 212 Å². The van der Waals surface area contributed by atoms with Crippen LogP contribution in [0.4, 0.5) is 0 Å². The van der Waals surface area contributed by atoms with Gasteiger partial charge in [0.1, 0.15) is 48.8 Å². The van der Waals surface area contributed by atoms with Crippen molar-refractivity contribution in [3.8, 4) is 0 Å². The van der Waals surface area contributed by atoms with Crippen LogP contribution >= 0.6 is 0 Å². The second kappa shape index (κ2) is 28.0. The summed E-state index contributed by atoms with van der Waals surface area (Å²) in [5.41, 5.74) is 7.00. The highest BCUT2D eigenvalue weighted by molar-refractivity contribution is 5.19. The van der Waals surface area contributed by atoms with Crippen LogP contribution in [-0.4, -0.2) is 81.7 Å². The molecule has 2 saturated heterocycles. The van der Waals surface area contributed by atoms with Gasteiger partial charge < -0.3 is 52.1 Å². The lowest BCUT2D eigenvalue weighted by atomic mass is 9.96. The molecule has 10 atom stereocenters. The molecule has 0 spiro atoms. The second-order valence-electron chi connectivity index (χ2n) is 18.2. The third-order valence-corrected chi connectivity index (χ3v) is 12.9. The Morgan fingerprint density at radius 3 is 0.863 bits per heavy atom. The van der Waals surface area contributed by atoms with Gasteiger partial charge in [0, 0.05) is 7.11 Å². The molecule has 0 saturated carbocycles. The molecule has 380 valence electrons. The maximum atomic E-state index is 7.10. The monoisotopic (exact) mass is 986 g/mol. The summed E-state index contributed by atoms with van der Waals surface area (Å²) in [4.78, 5) is 0. The summed E-state index contributed by atoms with van der Waals surface area (Å²) in [6.07, 6.45) is -7.47. The molecule has 7 aromatic carbocycles. The number of rotatable bonds is 26. The molecule has 7 aromatic rings. The van der Waals surface area contributed by atoms with Gasteiger partial charge in [-0.05, 0) is 38.9 Å². The van der Waals surface area contributed by atoms with Crippen LogP contribution in [0.2, 0.25) is 0 Å². The Morgan fingerprint density at radius 1 is 0.274 bits per heavy atom. The van der Waals surface area contributed by atoms with E-state index in [2.05, 4.69) is 0 Å². The Balaban J connectivity index is 1.05. The van der Waals surface area contributed by atoms with Crippen LogP contribution in [0, 0.1) is 0 Å². The molecular formula is C62H66O11. The molecular weight excluding hydrogens is 921 g/mol. The summed E-state index contributed by atoms with van der Waals surface area (Å²) in [5, 5.41) is 0. The van der Waals surface area contributed by atoms with Crippen LogP contribution in [-0.2, 0) is 98.4 Å². The minimum absolute atomic E-state index is 0.00960. The van der Waals surface area contributed by atoms with E-state index < -0.39 is 61.4 Å². The highest BCUT2D eigenvalue weighted by Gasteiger charge is 2.52. The first-order chi connectivity index (χ1) is 36.2. The van der Waals surface area contributed by atoms with Crippen LogP contribution in [0.3, 0.4) is 0 Å². The molecule has 0 N–H and O–H groups in total. The number of benzene rings is 7. The average Bonchev–Trinajstić information content (AvgIpc) is 3.45. The van der Waals surface area contributed by atoms with Crippen LogP contribution < -0.4 is 0 Å². The summed E-state index contributed by atoms with van der Waals surface area (Å²) in [5.74, 6) is 0. The van der Waals surface area contributed by atoms with Gasteiger partial charge in [-0.3, -0.25) is 0 Å². The Labute approximate surface area is 429 Å². The zero-order valence-electron chi connectivity index (χ0n) is 41.3. The Kier molecular flexibility index (Phi) is 19.9. The average molecular weight is 987 g/mol. The van der Waals surface area contributed by atoms with Gasteiger partial charge in [0.05, 0.1) is 59.5 Å². The molecule has 0 amide bonds. The Morgan fingerprint density at radius 2 is 0.534 bits per heavy atom. The van der Waals surface area contributed by atoms with E-state index in [-0.39, 0.29) is 33.0 Å². The molecule has 0 radical (unpaired) electrons. The Bertz CT molecular complexity index is 2560. The quantitative estimate of drug-likeness (QED) is 0.0518. The first-order valence-electron chi connectivity index (χ1n) is 25.2. The first kappa shape index (κ1) is 52.0. The minimum atomic E-state index is -0.999. The molecule has 0 aliphatic carbocycles. The third kappa shape index (κ3) is 15.3. The largest absolute Gasteiger partial charge is 0.374 e. The van der Waals surface area contributed by atoms with Crippen molar-refractivity contribution in [1.29, 1.82) is 0 Å². The van der Waals surface area contributed by atoms with E-state index in [1.54, 1.807) is 7.11 Å². The lowest BCUT2D eigenvalue weighted by molar-refractivity contribution is -0.351. The number of ether oxygens (including phenoxy) is 11. The SMILES string of the molecule is CO[C@H]1O[C@H](CO[C@H]2O[C@H](COCc3ccccc3)[C@H](OCc3ccccc3)[C@@H](OCc3ccccc3)[C@H]2OCc2ccccc2)[C@@H](OCc2ccccc2)[C@H](OCc2ccccc2)[C@H]1OCc1ccccc1. The van der Waals surface area contributed by atoms with Gasteiger partial charge in [0.15, 0.2) is 12.6 Å². The van der Waals surface area contributed by atoms with E-state index in [0.29, 0.717) is 26.4 Å². The fourth-order valence-corrected chi connectivity index (χ4v) is 9.14. The standard InChI is InChI=1S/C62H66O11/c1-63-61-59(69-42-51-33-19-7-20-34-51)57(67-40-49-29-15-5-16-30-49)56(66-39-48-27-13-4-14-28-48)54(72-61)45-71-62-60(70-43-52-35-21-8-22-36-52)58(68-41-50-31-17-6-18-32-50)55(65-38-47-25-11-3-12-26-47)53(73-62)44-64-37-46-23-9-2-10-24-46/h2-36,53-62H,37-45H2,1H3/t53-,54-,55+,56-,57+,58-,59-,60-,61+,62+/m1/s1. The zero-order chi connectivity index (χ0) is 49.7. The molecule has 11 nitrogen and oxygen atoms in total. The number of hydrogen-bond donors (Lipinski definition) is 0. The van der Waals surface area contributed by atoms with Gasteiger partial charge in [-0.1, -0.05) is 212 Å². The van der Waals surface area contributed by atoms with Gasteiger partial charge in [0.2, 0.25) is 0 Å². The highest BCUT2D eigenvalue weighted by atomic mass is 16.7. The molecule has 2 fully saturated rings. The summed E-state index contributed by atoms with van der Waals surface area (Å²) in [7, 11) is 1.61. The highest BCUT2D eigenvalue weighted by Crippen LogP contribution is 2.35. The second-order valence-corrected chi connectivity index (χ2v) is 18.2. The van der Waals surface area contributed by atoms with Crippen LogP contribution in [0.1, 0.15) is 38.9 Å². The minimum Gasteiger partial charge on any atom is -0.374 e. The normalized spacial score (nSPS) is 24.0. The van der Waals surface area contributed by atoms with E-state index in [9.17, 15) is 0 Å². The predicted octanol–water partition coefficient (Wildman–Crippen LogP) is 10.8. The lowest BCUT2D eigenvalue weighted by Crippen LogP contribution is -2.64. The van der Waals surface area contributed by atoms with Crippen molar-refractivity contribution in [1.82, 2.24) is 0 Å². The molecule has 11 heteroatoms. The molecule has 73 heavy (non-hydrogen) atoms. The van der Waals surface area contributed by atoms with Gasteiger partial charge in [-0.15, -0.1) is 0 Å². The van der Waals surface area contributed by atoms with Crippen molar-refractivity contribution in [2.45, 2.75) is 108 Å². The van der Waals surface area contributed by atoms with Crippen molar-refractivity contribution in [2.24, 2.45) is 0 Å². The van der Waals surface area contributed by atoms with Crippen LogP contribution in [0.25, 0.3) is 0 Å². The molecule has 0 unspecified atom stereocenters. The summed E-state index contributed by atoms with van der Waals surface area (Å²) in [6.45, 7) is 2.25. The van der Waals surface area contributed by atoms with E-state index in [0.717, 1.165) is 38.9 Å². The molecule has 0 bridgehead atoms. The van der Waals surface area contributed by atoms with Crippen LogP contribution in [0.5, 0.6) is 0 Å². The van der Waals surface area contributed by atoms with Gasteiger partial charge in [-0.2, -0.15) is 0 Å². The van der Waals surface area contributed by atoms with Crippen molar-refractivity contribution in [3.05, 3.63) is 251 Å². The fourth-order valence-electron chi connectivity index (χ4n) is 9.14. The van der Waals surface area contributed by atoms with Crippen molar-refractivity contribution in [3.63, 3.8) is 0 Å². The van der Waals surface area contributed by atoms with Gasteiger partial charge in [0.25, 0.3) is 0 Å². The third-order valence-electron chi connectivity index (χ3n) is 12.9. The van der Waals surface area contributed by atoms with E-state index >= 15 is 0 Å². The zero-order valence-corrected chi connectivity index (χ0v) is 41.3. The maximum absolute atomic E-state index is 7.10. The Hall–Kier alpha value is -5.90. The summed E-state index contributed by atoms with van der Waals surface area (Å²) in [6, 6.07) is 70.4. The maximum Gasteiger partial charge on any atom is 0.187 e. The smallest absolute Gasteiger partial charge is 0.187 e. The first-order valence-corrected chi connectivity index (χ1v) is 25.2. The molecule has 9 rings (SSSR count). The predicted molar refractivity (Wildman–Crippen MR) is 276 cm³/mol. The molecule has 0 aromatic heterocycles. The van der Waals surface area contributed by atoms with E-state index in [1.165, 1.54) is 0 Å². The summed E-state index contributed by atoms with van der Waals surface area (Å²) < 4.78 is 75.2. The van der Waals surface area contributed by atoms with Gasteiger partial charge >= 0.3 is 0 Å². The summed E-state index contributed by atoms with van der Waals surface area (Å²) >= 11 is 0. The molecule has 2 heterocycles. The number of methoxy groups -OCH3 is 1. The lowest BCUT2D eigenvalue weighted by Gasteiger charge is -2.48. The van der Waals surface area contributed by atoms with Crippen molar-refractivity contribution < 1.29 is 52.1 Å². The van der Waals surface area contributed by atoms with Crippen molar-refractivity contribution >= 4 is 0 Å². The van der Waals surface area contributed by atoms with E-state index in [4.69, 9.17) is 52.1 Å². The number of hydrogen-bond acceptors (Lipinski definition) is 11. The molecule has 2 aliphatic rings. The topological polar surface area (TPSA) is 102 Å². The molecule has 2 aliphatic heterocycles. The fraction of sp³-hybridized carbons (Fsp3) is 0.323. The van der Waals surface area contributed by atoms with Crippen molar-refractivity contribution in [2.75, 3.05) is 20.3 Å². The van der Waals surface area contributed by atoms with E-state index in [1.807, 2.05) is 212 Å².